The predicted octanol–water partition coefficient (Wildman–Crippen LogP) is 3.49. The van der Waals surface area contributed by atoms with Crippen LogP contribution in [0.5, 0.6) is 5.75 Å². The number of hydrogen-bond acceptors (Lipinski definition) is 3. The molecule has 1 aromatic heterocycles. The number of hydrogen-bond donors (Lipinski definition) is 1. The van der Waals surface area contributed by atoms with Crippen LogP contribution in [0.2, 0.25) is 0 Å². The highest BCUT2D eigenvalue weighted by molar-refractivity contribution is 5.94. The molecule has 2 aromatic rings. The smallest absolute Gasteiger partial charge is 0.272 e. The average molecular weight is 313 g/mol. The number of benzene rings is 1. The second-order valence-electron chi connectivity index (χ2n) is 6.24. The van der Waals surface area contributed by atoms with Crippen LogP contribution >= 0.6 is 0 Å². The van der Waals surface area contributed by atoms with E-state index < -0.39 is 0 Å². The van der Waals surface area contributed by atoms with Gasteiger partial charge in [0.25, 0.3) is 5.91 Å². The topological polar surface area (TPSA) is 58.2 Å². The van der Waals surface area contributed by atoms with Gasteiger partial charge in [-0.1, -0.05) is 12.1 Å². The van der Waals surface area contributed by atoms with Gasteiger partial charge in [-0.3, -0.25) is 9.89 Å². The van der Waals surface area contributed by atoms with Gasteiger partial charge in [0.15, 0.2) is 0 Å². The van der Waals surface area contributed by atoms with Crippen LogP contribution in [0.4, 0.5) is 0 Å². The normalized spacial score (nSPS) is 21.3. The number of piperidine rings is 1. The molecule has 1 fully saturated rings. The van der Waals surface area contributed by atoms with E-state index in [1.54, 1.807) is 7.11 Å². The van der Waals surface area contributed by atoms with E-state index in [1.807, 2.05) is 35.2 Å². The molecule has 1 amide bonds. The maximum absolute atomic E-state index is 12.8. The van der Waals surface area contributed by atoms with E-state index in [0.717, 1.165) is 29.8 Å². The average Bonchev–Trinajstić information content (AvgIpc) is 3.04. The zero-order valence-electron chi connectivity index (χ0n) is 13.9. The number of H-pyrrole nitrogens is 1. The molecular formula is C18H23N3O2. The van der Waals surface area contributed by atoms with Crippen LogP contribution in [0.1, 0.15) is 43.6 Å². The first-order chi connectivity index (χ1) is 11.1. The number of aromatic amines is 1. The molecule has 1 aromatic carbocycles. The van der Waals surface area contributed by atoms with Crippen molar-refractivity contribution < 1.29 is 9.53 Å². The fourth-order valence-corrected chi connectivity index (χ4v) is 3.32. The maximum atomic E-state index is 12.8. The van der Waals surface area contributed by atoms with Gasteiger partial charge in [0.2, 0.25) is 0 Å². The molecule has 0 aliphatic carbocycles. The fourth-order valence-electron chi connectivity index (χ4n) is 3.32. The number of likely N-dealkylation sites (tertiary alicyclic amines) is 1. The van der Waals surface area contributed by atoms with Gasteiger partial charge >= 0.3 is 0 Å². The summed E-state index contributed by atoms with van der Waals surface area (Å²) in [4.78, 5) is 14.8. The van der Waals surface area contributed by atoms with E-state index in [0.29, 0.717) is 5.69 Å². The molecule has 0 spiro atoms. The lowest BCUT2D eigenvalue weighted by atomic mass is 9.97. The van der Waals surface area contributed by atoms with Crippen molar-refractivity contribution in [3.63, 3.8) is 0 Å². The van der Waals surface area contributed by atoms with Crippen molar-refractivity contribution in [3.05, 3.63) is 36.0 Å². The summed E-state index contributed by atoms with van der Waals surface area (Å²) in [5.74, 6) is 0.808. The molecule has 1 saturated heterocycles. The van der Waals surface area contributed by atoms with Crippen molar-refractivity contribution in [1.29, 1.82) is 0 Å². The Hall–Kier alpha value is -2.30. The number of amides is 1. The van der Waals surface area contributed by atoms with Crippen LogP contribution in [0.25, 0.3) is 11.3 Å². The van der Waals surface area contributed by atoms with E-state index >= 15 is 0 Å². The molecule has 0 radical (unpaired) electrons. The van der Waals surface area contributed by atoms with Gasteiger partial charge in [-0.2, -0.15) is 5.10 Å². The number of methoxy groups -OCH3 is 1. The van der Waals surface area contributed by atoms with Gasteiger partial charge in [-0.25, -0.2) is 0 Å². The molecule has 2 heterocycles. The zero-order chi connectivity index (χ0) is 16.4. The Morgan fingerprint density at radius 2 is 2.00 bits per heavy atom. The Morgan fingerprint density at radius 3 is 2.70 bits per heavy atom. The third-order valence-corrected chi connectivity index (χ3v) is 4.60. The summed E-state index contributed by atoms with van der Waals surface area (Å²) in [6.45, 7) is 4.24. The van der Waals surface area contributed by atoms with E-state index in [1.165, 1.54) is 6.42 Å². The number of carbonyl (C=O) groups is 1. The van der Waals surface area contributed by atoms with Crippen LogP contribution < -0.4 is 4.74 Å². The first kappa shape index (κ1) is 15.6. The fraction of sp³-hybridized carbons (Fsp3) is 0.444. The highest BCUT2D eigenvalue weighted by atomic mass is 16.5. The van der Waals surface area contributed by atoms with Crippen LogP contribution in [0.3, 0.4) is 0 Å². The summed E-state index contributed by atoms with van der Waals surface area (Å²) in [5.41, 5.74) is 2.23. The summed E-state index contributed by atoms with van der Waals surface area (Å²) >= 11 is 0. The van der Waals surface area contributed by atoms with Gasteiger partial charge in [0, 0.05) is 17.6 Å². The minimum Gasteiger partial charge on any atom is -0.497 e. The van der Waals surface area contributed by atoms with E-state index in [9.17, 15) is 4.79 Å². The van der Waals surface area contributed by atoms with Gasteiger partial charge in [-0.15, -0.1) is 0 Å². The molecule has 2 unspecified atom stereocenters. The number of aromatic nitrogens is 2. The third-order valence-electron chi connectivity index (χ3n) is 4.60. The summed E-state index contributed by atoms with van der Waals surface area (Å²) in [7, 11) is 1.64. The number of rotatable bonds is 3. The van der Waals surface area contributed by atoms with Crippen LogP contribution in [-0.4, -0.2) is 40.2 Å². The molecule has 0 saturated carbocycles. The van der Waals surface area contributed by atoms with Crippen molar-refractivity contribution in [3.8, 4) is 17.0 Å². The molecule has 1 aliphatic heterocycles. The standard InChI is InChI=1S/C18H23N3O2/c1-12-6-4-7-13(2)21(12)18(22)17-11-16(19-20-17)14-8-5-9-15(10-14)23-3/h5,8-13H,4,6-7H2,1-3H3,(H,19,20). The molecule has 122 valence electrons. The van der Waals surface area contributed by atoms with Crippen LogP contribution in [-0.2, 0) is 0 Å². The molecule has 23 heavy (non-hydrogen) atoms. The minimum atomic E-state index is 0.0337. The molecule has 1 aliphatic rings. The lowest BCUT2D eigenvalue weighted by Crippen LogP contribution is -2.47. The highest BCUT2D eigenvalue weighted by Gasteiger charge is 2.30. The van der Waals surface area contributed by atoms with E-state index in [2.05, 4.69) is 24.0 Å². The second kappa shape index (κ2) is 6.44. The summed E-state index contributed by atoms with van der Waals surface area (Å²) < 4.78 is 5.24. The van der Waals surface area contributed by atoms with Crippen molar-refractivity contribution >= 4 is 5.91 Å². The quantitative estimate of drug-likeness (QED) is 0.943. The Balaban J connectivity index is 1.84. The Kier molecular flexibility index (Phi) is 4.37. The van der Waals surface area contributed by atoms with Gasteiger partial charge in [0.1, 0.15) is 11.4 Å². The maximum Gasteiger partial charge on any atom is 0.272 e. The Labute approximate surface area is 136 Å². The first-order valence-electron chi connectivity index (χ1n) is 8.12. The minimum absolute atomic E-state index is 0.0337. The molecule has 0 bridgehead atoms. The highest BCUT2D eigenvalue weighted by Crippen LogP contribution is 2.26. The Bertz CT molecular complexity index is 685. The van der Waals surface area contributed by atoms with Crippen LogP contribution in [0.15, 0.2) is 30.3 Å². The van der Waals surface area contributed by atoms with Crippen molar-refractivity contribution in [2.24, 2.45) is 0 Å². The number of nitrogens with zero attached hydrogens (tertiary/aromatic N) is 2. The zero-order valence-corrected chi connectivity index (χ0v) is 13.9. The Morgan fingerprint density at radius 1 is 1.26 bits per heavy atom. The molecule has 5 heteroatoms. The molecule has 1 N–H and O–H groups in total. The van der Waals surface area contributed by atoms with E-state index in [-0.39, 0.29) is 18.0 Å². The lowest BCUT2D eigenvalue weighted by Gasteiger charge is -2.38. The number of carbonyl (C=O) groups excluding carboxylic acids is 1. The molecular weight excluding hydrogens is 290 g/mol. The molecule has 5 nitrogen and oxygen atoms in total. The lowest BCUT2D eigenvalue weighted by molar-refractivity contribution is 0.0504. The van der Waals surface area contributed by atoms with Gasteiger partial charge in [-0.05, 0) is 51.3 Å². The number of nitrogens with one attached hydrogen (secondary N) is 1. The second-order valence-corrected chi connectivity index (χ2v) is 6.24. The third kappa shape index (κ3) is 3.09. The molecule has 2 atom stereocenters. The largest absolute Gasteiger partial charge is 0.497 e. The van der Waals surface area contributed by atoms with Crippen LogP contribution in [0, 0.1) is 0 Å². The van der Waals surface area contributed by atoms with E-state index in [4.69, 9.17) is 4.74 Å². The monoisotopic (exact) mass is 313 g/mol. The van der Waals surface area contributed by atoms with Crippen molar-refractivity contribution in [2.75, 3.05) is 7.11 Å². The summed E-state index contributed by atoms with van der Waals surface area (Å²) in [6.07, 6.45) is 3.31. The van der Waals surface area contributed by atoms with Gasteiger partial charge < -0.3 is 9.64 Å². The predicted molar refractivity (Wildman–Crippen MR) is 89.5 cm³/mol. The SMILES string of the molecule is COc1cccc(-c2cc(C(=O)N3C(C)CCCC3C)[nH]n2)c1. The first-order valence-corrected chi connectivity index (χ1v) is 8.12. The van der Waals surface area contributed by atoms with Gasteiger partial charge in [0.05, 0.1) is 12.8 Å². The number of ether oxygens (including phenoxy) is 1. The summed E-state index contributed by atoms with van der Waals surface area (Å²) in [6, 6.07) is 10.0. The van der Waals surface area contributed by atoms with Crippen molar-refractivity contribution in [1.82, 2.24) is 15.1 Å². The molecule has 3 rings (SSSR count). The summed E-state index contributed by atoms with van der Waals surface area (Å²) in [5, 5.41) is 7.20. The van der Waals surface area contributed by atoms with Crippen molar-refractivity contribution in [2.45, 2.75) is 45.2 Å².